The number of carbonyl (C=O) groups excluding carboxylic acids is 2. The zero-order valence-corrected chi connectivity index (χ0v) is 19.2. The number of benzene rings is 2. The van der Waals surface area contributed by atoms with Gasteiger partial charge in [-0.25, -0.2) is 0 Å². The van der Waals surface area contributed by atoms with E-state index in [4.69, 9.17) is 4.74 Å². The Hall–Kier alpha value is -4.11. The minimum Gasteiger partial charge on any atom is -0.370 e. The molecule has 178 valence electrons. The van der Waals surface area contributed by atoms with Crippen molar-refractivity contribution in [3.05, 3.63) is 90.3 Å². The highest BCUT2D eigenvalue weighted by Crippen LogP contribution is 2.15. The second-order valence-electron chi connectivity index (χ2n) is 8.55. The van der Waals surface area contributed by atoms with Crippen LogP contribution >= 0.6 is 0 Å². The van der Waals surface area contributed by atoms with E-state index in [0.717, 1.165) is 22.2 Å². The van der Waals surface area contributed by atoms with Crippen molar-refractivity contribution in [2.75, 3.05) is 19.6 Å². The molecular formula is C26H26N6O3. The van der Waals surface area contributed by atoms with Gasteiger partial charge >= 0.3 is 0 Å². The normalized spacial score (nSPS) is 16.5. The standard InChI is InChI=1S/C26H26N6O3/c33-25-17-31(26(34)18-32-28-23-10-4-5-11-24(23)29-32)16-22(35-19-21-9-6-12-27-13-21)15-30(25)14-20-7-2-1-3-8-20/h1-13,22H,14-19H2. The van der Waals surface area contributed by atoms with Crippen LogP contribution in [0.25, 0.3) is 11.0 Å². The van der Waals surface area contributed by atoms with Gasteiger partial charge < -0.3 is 14.5 Å². The highest BCUT2D eigenvalue weighted by molar-refractivity contribution is 5.85. The van der Waals surface area contributed by atoms with E-state index in [0.29, 0.717) is 26.2 Å². The fraction of sp³-hybridized carbons (Fsp3) is 0.269. The zero-order chi connectivity index (χ0) is 24.0. The Labute approximate surface area is 202 Å². The monoisotopic (exact) mass is 470 g/mol. The van der Waals surface area contributed by atoms with Gasteiger partial charge in [0.1, 0.15) is 17.6 Å². The summed E-state index contributed by atoms with van der Waals surface area (Å²) in [7, 11) is 0. The van der Waals surface area contributed by atoms with Gasteiger partial charge in [0.15, 0.2) is 0 Å². The summed E-state index contributed by atoms with van der Waals surface area (Å²) in [6, 6.07) is 21.1. The summed E-state index contributed by atoms with van der Waals surface area (Å²) in [5.41, 5.74) is 3.40. The maximum absolute atomic E-state index is 13.2. The summed E-state index contributed by atoms with van der Waals surface area (Å²) in [6.45, 7) is 1.44. The van der Waals surface area contributed by atoms with Gasteiger partial charge in [0, 0.05) is 32.0 Å². The molecule has 35 heavy (non-hydrogen) atoms. The molecule has 1 unspecified atom stereocenters. The van der Waals surface area contributed by atoms with E-state index in [2.05, 4.69) is 15.2 Å². The van der Waals surface area contributed by atoms with Crippen molar-refractivity contribution < 1.29 is 14.3 Å². The fourth-order valence-electron chi connectivity index (χ4n) is 4.12. The van der Waals surface area contributed by atoms with Crippen LogP contribution in [0.4, 0.5) is 0 Å². The van der Waals surface area contributed by atoms with Crippen molar-refractivity contribution in [1.82, 2.24) is 29.8 Å². The molecule has 0 radical (unpaired) electrons. The lowest BCUT2D eigenvalue weighted by molar-refractivity contribution is -0.139. The van der Waals surface area contributed by atoms with Crippen molar-refractivity contribution >= 4 is 22.8 Å². The topological polar surface area (TPSA) is 93.5 Å². The second kappa shape index (κ2) is 10.4. The molecule has 1 saturated heterocycles. The SMILES string of the molecule is O=C(Cn1nc2ccccc2n1)N1CC(=O)N(Cc2ccccc2)CC(OCc2cccnc2)C1. The number of fused-ring (bicyclic) bond motifs is 1. The predicted octanol–water partition coefficient (Wildman–Crippen LogP) is 2.28. The van der Waals surface area contributed by atoms with Crippen LogP contribution in [0.15, 0.2) is 79.1 Å². The first-order valence-corrected chi connectivity index (χ1v) is 11.5. The molecule has 0 bridgehead atoms. The molecule has 2 aromatic carbocycles. The van der Waals surface area contributed by atoms with Gasteiger partial charge in [-0.05, 0) is 29.3 Å². The van der Waals surface area contributed by atoms with Crippen LogP contribution in [0.5, 0.6) is 0 Å². The van der Waals surface area contributed by atoms with E-state index < -0.39 is 0 Å². The van der Waals surface area contributed by atoms with Gasteiger partial charge in [0.05, 0.1) is 19.3 Å². The Bertz CT molecular complexity index is 1260. The summed E-state index contributed by atoms with van der Waals surface area (Å²) in [5, 5.41) is 8.76. The molecule has 3 heterocycles. The molecule has 1 aliphatic rings. The molecule has 2 amide bonds. The third-order valence-electron chi connectivity index (χ3n) is 5.91. The minimum absolute atomic E-state index is 0.0147. The summed E-state index contributed by atoms with van der Waals surface area (Å²) in [5.74, 6) is -0.344. The van der Waals surface area contributed by atoms with Crippen LogP contribution in [0, 0.1) is 0 Å². The van der Waals surface area contributed by atoms with E-state index in [9.17, 15) is 9.59 Å². The van der Waals surface area contributed by atoms with E-state index in [1.54, 1.807) is 22.2 Å². The molecule has 9 nitrogen and oxygen atoms in total. The van der Waals surface area contributed by atoms with Crippen LogP contribution in [-0.2, 0) is 34.0 Å². The lowest BCUT2D eigenvalue weighted by Crippen LogP contribution is -2.41. The number of rotatable bonds is 7. The lowest BCUT2D eigenvalue weighted by Gasteiger charge is -2.25. The Morgan fingerprint density at radius 2 is 1.63 bits per heavy atom. The van der Waals surface area contributed by atoms with Crippen molar-refractivity contribution in [3.63, 3.8) is 0 Å². The average molecular weight is 471 g/mol. The molecule has 0 saturated carbocycles. The van der Waals surface area contributed by atoms with Gasteiger partial charge in [-0.1, -0.05) is 48.5 Å². The number of carbonyl (C=O) groups is 2. The number of hydrogen-bond donors (Lipinski definition) is 0. The minimum atomic E-state index is -0.348. The summed E-state index contributed by atoms with van der Waals surface area (Å²) in [6.07, 6.45) is 3.11. The smallest absolute Gasteiger partial charge is 0.246 e. The molecule has 5 rings (SSSR count). The predicted molar refractivity (Wildman–Crippen MR) is 129 cm³/mol. The second-order valence-corrected chi connectivity index (χ2v) is 8.55. The molecule has 1 atom stereocenters. The van der Waals surface area contributed by atoms with Crippen LogP contribution in [-0.4, -0.2) is 67.3 Å². The third-order valence-corrected chi connectivity index (χ3v) is 5.91. The van der Waals surface area contributed by atoms with Gasteiger partial charge in [-0.3, -0.25) is 14.6 Å². The van der Waals surface area contributed by atoms with Gasteiger partial charge in [-0.2, -0.15) is 15.0 Å². The molecule has 1 aliphatic heterocycles. The Kier molecular flexibility index (Phi) is 6.76. The number of nitrogens with zero attached hydrogens (tertiary/aromatic N) is 6. The number of ether oxygens (including phenoxy) is 1. The van der Waals surface area contributed by atoms with Crippen molar-refractivity contribution in [3.8, 4) is 0 Å². The molecule has 0 N–H and O–H groups in total. The lowest BCUT2D eigenvalue weighted by atomic mass is 10.2. The maximum Gasteiger partial charge on any atom is 0.246 e. The van der Waals surface area contributed by atoms with E-state index in [-0.39, 0.29) is 31.0 Å². The van der Waals surface area contributed by atoms with Gasteiger partial charge in [0.2, 0.25) is 11.8 Å². The average Bonchev–Trinajstić information content (AvgIpc) is 3.22. The van der Waals surface area contributed by atoms with E-state index in [1.807, 2.05) is 66.7 Å². The van der Waals surface area contributed by atoms with Crippen LogP contribution in [0.1, 0.15) is 11.1 Å². The van der Waals surface area contributed by atoms with Crippen molar-refractivity contribution in [1.29, 1.82) is 0 Å². The molecular weight excluding hydrogens is 444 g/mol. The van der Waals surface area contributed by atoms with Crippen molar-refractivity contribution in [2.45, 2.75) is 25.8 Å². The fourth-order valence-corrected chi connectivity index (χ4v) is 4.12. The molecule has 9 heteroatoms. The molecule has 2 aromatic heterocycles. The maximum atomic E-state index is 13.2. The van der Waals surface area contributed by atoms with E-state index >= 15 is 0 Å². The first-order valence-electron chi connectivity index (χ1n) is 11.5. The van der Waals surface area contributed by atoms with Gasteiger partial charge in [0.25, 0.3) is 0 Å². The van der Waals surface area contributed by atoms with Crippen molar-refractivity contribution in [2.24, 2.45) is 0 Å². The molecule has 0 aliphatic carbocycles. The Morgan fingerprint density at radius 3 is 2.34 bits per heavy atom. The number of aromatic nitrogens is 4. The molecule has 0 spiro atoms. The Balaban J connectivity index is 1.32. The quantitative estimate of drug-likeness (QED) is 0.411. The highest BCUT2D eigenvalue weighted by atomic mass is 16.5. The summed E-state index contributed by atoms with van der Waals surface area (Å²) in [4.78, 5) is 35.2. The van der Waals surface area contributed by atoms with E-state index in [1.165, 1.54) is 4.80 Å². The highest BCUT2D eigenvalue weighted by Gasteiger charge is 2.31. The van der Waals surface area contributed by atoms with Crippen LogP contribution in [0.2, 0.25) is 0 Å². The first kappa shape index (κ1) is 22.7. The summed E-state index contributed by atoms with van der Waals surface area (Å²) >= 11 is 0. The number of pyridine rings is 1. The Morgan fingerprint density at radius 1 is 0.914 bits per heavy atom. The van der Waals surface area contributed by atoms with Crippen LogP contribution < -0.4 is 0 Å². The largest absolute Gasteiger partial charge is 0.370 e. The van der Waals surface area contributed by atoms with Crippen LogP contribution in [0.3, 0.4) is 0 Å². The van der Waals surface area contributed by atoms with Gasteiger partial charge in [-0.15, -0.1) is 0 Å². The third kappa shape index (κ3) is 5.70. The zero-order valence-electron chi connectivity index (χ0n) is 19.2. The first-order chi connectivity index (χ1) is 17.1. The summed E-state index contributed by atoms with van der Waals surface area (Å²) < 4.78 is 6.18. The molecule has 1 fully saturated rings. The molecule has 4 aromatic rings. The number of hydrogen-bond acceptors (Lipinski definition) is 6. The number of amides is 2.